The molecule has 1 aliphatic heterocycles. The second kappa shape index (κ2) is 8.40. The first-order valence-electron chi connectivity index (χ1n) is 8.15. The first-order chi connectivity index (χ1) is 11.5. The van der Waals surface area contributed by atoms with Crippen molar-refractivity contribution in [3.8, 4) is 11.4 Å². The van der Waals surface area contributed by atoms with Crippen molar-refractivity contribution in [2.24, 2.45) is 5.73 Å². The number of aromatic nitrogens is 2. The van der Waals surface area contributed by atoms with Gasteiger partial charge in [-0.25, -0.2) is 4.39 Å². The van der Waals surface area contributed by atoms with Crippen molar-refractivity contribution in [2.75, 3.05) is 13.1 Å². The summed E-state index contributed by atoms with van der Waals surface area (Å²) in [5.74, 6) is 0.632. The van der Waals surface area contributed by atoms with Gasteiger partial charge in [0.1, 0.15) is 5.82 Å². The van der Waals surface area contributed by atoms with Crippen LogP contribution in [-0.4, -0.2) is 40.1 Å². The topological polar surface area (TPSA) is 85.2 Å². The predicted octanol–water partition coefficient (Wildman–Crippen LogP) is 2.49. The van der Waals surface area contributed by atoms with Crippen LogP contribution >= 0.6 is 12.4 Å². The van der Waals surface area contributed by atoms with Gasteiger partial charge in [0.05, 0.1) is 0 Å². The molecule has 0 unspecified atom stereocenters. The molecule has 0 radical (unpaired) electrons. The van der Waals surface area contributed by atoms with Crippen LogP contribution in [0.4, 0.5) is 4.39 Å². The number of amides is 1. The van der Waals surface area contributed by atoms with Crippen LogP contribution in [0.25, 0.3) is 11.4 Å². The fourth-order valence-electron chi connectivity index (χ4n) is 2.78. The molecule has 2 aromatic rings. The lowest BCUT2D eigenvalue weighted by Gasteiger charge is -2.30. The molecule has 1 aliphatic rings. The number of hydrogen-bond acceptors (Lipinski definition) is 5. The SMILES string of the molecule is Cc1cc(-c2noc(CCC(=O)N3CCC(N)CC3)n2)ccc1F.Cl. The molecule has 8 heteroatoms. The maximum Gasteiger partial charge on any atom is 0.227 e. The lowest BCUT2D eigenvalue weighted by Crippen LogP contribution is -2.42. The fourth-order valence-corrected chi connectivity index (χ4v) is 2.78. The van der Waals surface area contributed by atoms with E-state index in [1.54, 1.807) is 19.1 Å². The van der Waals surface area contributed by atoms with Gasteiger partial charge in [0.2, 0.25) is 17.6 Å². The molecule has 1 saturated heterocycles. The van der Waals surface area contributed by atoms with Crippen LogP contribution in [-0.2, 0) is 11.2 Å². The average Bonchev–Trinajstić information content (AvgIpc) is 3.05. The molecule has 0 bridgehead atoms. The van der Waals surface area contributed by atoms with E-state index in [0.717, 1.165) is 12.8 Å². The van der Waals surface area contributed by atoms with Gasteiger partial charge in [-0.2, -0.15) is 4.98 Å². The van der Waals surface area contributed by atoms with E-state index in [0.29, 0.717) is 48.8 Å². The van der Waals surface area contributed by atoms with Gasteiger partial charge in [-0.05, 0) is 43.5 Å². The maximum absolute atomic E-state index is 13.3. The van der Waals surface area contributed by atoms with Gasteiger partial charge in [-0.3, -0.25) is 4.79 Å². The number of aryl methyl sites for hydroxylation is 2. The largest absolute Gasteiger partial charge is 0.343 e. The predicted molar refractivity (Wildman–Crippen MR) is 93.8 cm³/mol. The smallest absolute Gasteiger partial charge is 0.227 e. The highest BCUT2D eigenvalue weighted by Crippen LogP contribution is 2.19. The van der Waals surface area contributed by atoms with E-state index in [9.17, 15) is 9.18 Å². The van der Waals surface area contributed by atoms with Crippen molar-refractivity contribution in [3.05, 3.63) is 35.5 Å². The Kier molecular flexibility index (Phi) is 6.50. The minimum atomic E-state index is -0.269. The van der Waals surface area contributed by atoms with Crippen LogP contribution in [0.3, 0.4) is 0 Å². The van der Waals surface area contributed by atoms with Gasteiger partial charge in [-0.1, -0.05) is 5.16 Å². The number of nitrogens with two attached hydrogens (primary N) is 1. The summed E-state index contributed by atoms with van der Waals surface area (Å²) in [7, 11) is 0. The van der Waals surface area contributed by atoms with E-state index in [-0.39, 0.29) is 30.2 Å². The molecular weight excluding hydrogens is 347 g/mol. The standard InChI is InChI=1S/C17H21FN4O2.ClH/c1-11-10-12(2-3-14(11)18)17-20-15(24-21-17)4-5-16(23)22-8-6-13(19)7-9-22;/h2-3,10,13H,4-9,19H2,1H3;1H. The van der Waals surface area contributed by atoms with Gasteiger partial charge in [0, 0.05) is 37.5 Å². The zero-order valence-corrected chi connectivity index (χ0v) is 14.9. The Morgan fingerprint density at radius 2 is 2.12 bits per heavy atom. The average molecular weight is 369 g/mol. The summed E-state index contributed by atoms with van der Waals surface area (Å²) in [6.45, 7) is 3.11. The molecule has 0 aliphatic carbocycles. The number of nitrogens with zero attached hydrogens (tertiary/aromatic N) is 3. The number of carbonyl (C=O) groups is 1. The third-order valence-electron chi connectivity index (χ3n) is 4.33. The fraction of sp³-hybridized carbons (Fsp3) is 0.471. The van der Waals surface area contributed by atoms with E-state index in [2.05, 4.69) is 10.1 Å². The summed E-state index contributed by atoms with van der Waals surface area (Å²) in [4.78, 5) is 18.3. The Morgan fingerprint density at radius 1 is 1.40 bits per heavy atom. The molecule has 2 N–H and O–H groups in total. The van der Waals surface area contributed by atoms with E-state index in [1.165, 1.54) is 6.07 Å². The Bertz CT molecular complexity index is 729. The van der Waals surface area contributed by atoms with Crippen LogP contribution in [0.5, 0.6) is 0 Å². The number of likely N-dealkylation sites (tertiary alicyclic amines) is 1. The first kappa shape index (κ1) is 19.3. The molecule has 3 rings (SSSR count). The summed E-state index contributed by atoms with van der Waals surface area (Å²) in [5.41, 5.74) is 7.07. The van der Waals surface area contributed by atoms with Gasteiger partial charge >= 0.3 is 0 Å². The zero-order valence-electron chi connectivity index (χ0n) is 14.1. The number of hydrogen-bond donors (Lipinski definition) is 1. The van der Waals surface area contributed by atoms with Gasteiger partial charge in [-0.15, -0.1) is 12.4 Å². The Balaban J connectivity index is 0.00000225. The molecule has 2 heterocycles. The van der Waals surface area contributed by atoms with Gasteiger partial charge in [0.25, 0.3) is 0 Å². The van der Waals surface area contributed by atoms with E-state index < -0.39 is 0 Å². The highest BCUT2D eigenvalue weighted by Gasteiger charge is 2.21. The lowest BCUT2D eigenvalue weighted by molar-refractivity contribution is -0.132. The Labute approximate surface area is 152 Å². The molecule has 1 amide bonds. The maximum atomic E-state index is 13.3. The van der Waals surface area contributed by atoms with Crippen molar-refractivity contribution >= 4 is 18.3 Å². The third-order valence-corrected chi connectivity index (χ3v) is 4.33. The minimum absolute atomic E-state index is 0. The molecule has 0 atom stereocenters. The summed E-state index contributed by atoms with van der Waals surface area (Å²) in [6.07, 6.45) is 2.43. The van der Waals surface area contributed by atoms with E-state index in [1.807, 2.05) is 4.90 Å². The number of carbonyl (C=O) groups excluding carboxylic acids is 1. The van der Waals surface area contributed by atoms with Crippen molar-refractivity contribution in [1.29, 1.82) is 0 Å². The lowest BCUT2D eigenvalue weighted by atomic mass is 10.1. The summed E-state index contributed by atoms with van der Waals surface area (Å²) < 4.78 is 18.5. The number of benzene rings is 1. The molecule has 1 aromatic heterocycles. The van der Waals surface area contributed by atoms with Crippen LogP contribution < -0.4 is 5.73 Å². The summed E-state index contributed by atoms with van der Waals surface area (Å²) in [5, 5.41) is 3.91. The quantitative estimate of drug-likeness (QED) is 0.896. The molecule has 136 valence electrons. The minimum Gasteiger partial charge on any atom is -0.343 e. The Morgan fingerprint density at radius 3 is 2.80 bits per heavy atom. The Hall–Kier alpha value is -1.99. The molecule has 25 heavy (non-hydrogen) atoms. The normalized spacial score (nSPS) is 15.1. The highest BCUT2D eigenvalue weighted by atomic mass is 35.5. The first-order valence-corrected chi connectivity index (χ1v) is 8.15. The van der Waals surface area contributed by atoms with Crippen LogP contribution in [0.2, 0.25) is 0 Å². The highest BCUT2D eigenvalue weighted by molar-refractivity contribution is 5.85. The third kappa shape index (κ3) is 4.76. The second-order valence-corrected chi connectivity index (χ2v) is 6.19. The van der Waals surface area contributed by atoms with Crippen LogP contribution in [0, 0.1) is 12.7 Å². The number of halogens is 2. The second-order valence-electron chi connectivity index (χ2n) is 6.19. The van der Waals surface area contributed by atoms with E-state index >= 15 is 0 Å². The summed E-state index contributed by atoms with van der Waals surface area (Å²) in [6, 6.07) is 4.86. The van der Waals surface area contributed by atoms with Crippen LogP contribution in [0.15, 0.2) is 22.7 Å². The van der Waals surface area contributed by atoms with Gasteiger partial charge in [0.15, 0.2) is 0 Å². The number of rotatable bonds is 4. The molecule has 0 spiro atoms. The molecule has 0 saturated carbocycles. The van der Waals surface area contributed by atoms with Gasteiger partial charge < -0.3 is 15.2 Å². The summed E-state index contributed by atoms with van der Waals surface area (Å²) >= 11 is 0. The van der Waals surface area contributed by atoms with Crippen molar-refractivity contribution in [3.63, 3.8) is 0 Å². The zero-order chi connectivity index (χ0) is 17.1. The molecule has 1 fully saturated rings. The van der Waals surface area contributed by atoms with Crippen molar-refractivity contribution in [2.45, 2.75) is 38.6 Å². The molecular formula is C17H22ClFN4O2. The molecule has 6 nitrogen and oxygen atoms in total. The van der Waals surface area contributed by atoms with Crippen LogP contribution in [0.1, 0.15) is 30.7 Å². The van der Waals surface area contributed by atoms with Crippen molar-refractivity contribution < 1.29 is 13.7 Å². The molecule has 1 aromatic carbocycles. The van der Waals surface area contributed by atoms with Crippen molar-refractivity contribution in [1.82, 2.24) is 15.0 Å². The van der Waals surface area contributed by atoms with E-state index in [4.69, 9.17) is 10.3 Å². The monoisotopic (exact) mass is 368 g/mol. The number of piperidine rings is 1.